The van der Waals surface area contributed by atoms with Crippen LogP contribution < -0.4 is 10.5 Å². The predicted octanol–water partition coefficient (Wildman–Crippen LogP) is 2.09. The van der Waals surface area contributed by atoms with Crippen LogP contribution in [0.15, 0.2) is 23.1 Å². The van der Waals surface area contributed by atoms with Crippen molar-refractivity contribution in [2.45, 2.75) is 31.6 Å². The SMILES string of the molecule is COc1cc(N)ccc1S(=O)(=O)N1CCC(C)(C)CC1. The van der Waals surface area contributed by atoms with Gasteiger partial charge in [-0.25, -0.2) is 8.42 Å². The van der Waals surface area contributed by atoms with Gasteiger partial charge in [0.25, 0.3) is 0 Å². The van der Waals surface area contributed by atoms with Gasteiger partial charge in [-0.2, -0.15) is 4.31 Å². The zero-order chi connectivity index (χ0) is 15.0. The Labute approximate surface area is 120 Å². The molecular weight excluding hydrogens is 276 g/mol. The first-order valence-corrected chi connectivity index (χ1v) is 8.14. The lowest BCUT2D eigenvalue weighted by molar-refractivity contribution is 0.195. The highest BCUT2D eigenvalue weighted by atomic mass is 32.2. The van der Waals surface area contributed by atoms with Crippen molar-refractivity contribution >= 4 is 15.7 Å². The Morgan fingerprint density at radius 2 is 1.85 bits per heavy atom. The molecule has 112 valence electrons. The minimum absolute atomic E-state index is 0.189. The lowest BCUT2D eigenvalue weighted by Crippen LogP contribution is -2.41. The van der Waals surface area contributed by atoms with E-state index in [4.69, 9.17) is 10.5 Å². The second-order valence-electron chi connectivity index (χ2n) is 5.98. The van der Waals surface area contributed by atoms with E-state index in [0.29, 0.717) is 24.5 Å². The summed E-state index contributed by atoms with van der Waals surface area (Å²) in [5, 5.41) is 0. The van der Waals surface area contributed by atoms with Crippen LogP contribution in [0.5, 0.6) is 5.75 Å². The van der Waals surface area contributed by atoms with Crippen LogP contribution in [0.25, 0.3) is 0 Å². The van der Waals surface area contributed by atoms with Crippen molar-refractivity contribution in [3.8, 4) is 5.75 Å². The molecule has 6 heteroatoms. The maximum atomic E-state index is 12.7. The number of anilines is 1. The summed E-state index contributed by atoms with van der Waals surface area (Å²) in [6.07, 6.45) is 1.73. The Bertz CT molecular complexity index is 586. The van der Waals surface area contributed by atoms with Gasteiger partial charge >= 0.3 is 0 Å². The predicted molar refractivity (Wildman–Crippen MR) is 79.2 cm³/mol. The fourth-order valence-corrected chi connectivity index (χ4v) is 3.95. The summed E-state index contributed by atoms with van der Waals surface area (Å²) < 4.78 is 32.1. The lowest BCUT2D eigenvalue weighted by Gasteiger charge is -2.36. The Balaban J connectivity index is 2.32. The molecule has 1 aliphatic rings. The highest BCUT2D eigenvalue weighted by Gasteiger charge is 2.34. The van der Waals surface area contributed by atoms with Gasteiger partial charge in [-0.15, -0.1) is 0 Å². The van der Waals surface area contributed by atoms with Gasteiger partial charge < -0.3 is 10.5 Å². The van der Waals surface area contributed by atoms with Gasteiger partial charge in [-0.1, -0.05) is 13.8 Å². The van der Waals surface area contributed by atoms with E-state index in [-0.39, 0.29) is 10.3 Å². The Hall–Kier alpha value is -1.27. The summed E-state index contributed by atoms with van der Waals surface area (Å²) in [6, 6.07) is 4.65. The summed E-state index contributed by atoms with van der Waals surface area (Å²) in [7, 11) is -2.07. The fourth-order valence-electron chi connectivity index (χ4n) is 2.37. The minimum Gasteiger partial charge on any atom is -0.495 e. The smallest absolute Gasteiger partial charge is 0.246 e. The molecule has 1 aliphatic heterocycles. The van der Waals surface area contributed by atoms with E-state index in [2.05, 4.69) is 13.8 Å². The molecule has 0 atom stereocenters. The zero-order valence-corrected chi connectivity index (χ0v) is 13.0. The molecule has 5 nitrogen and oxygen atoms in total. The second kappa shape index (κ2) is 5.26. The number of methoxy groups -OCH3 is 1. The number of ether oxygens (including phenoxy) is 1. The third-order valence-corrected chi connectivity index (χ3v) is 5.82. The molecule has 1 saturated heterocycles. The van der Waals surface area contributed by atoms with Crippen LogP contribution in [-0.4, -0.2) is 32.9 Å². The number of sulfonamides is 1. The summed E-state index contributed by atoms with van der Waals surface area (Å²) in [6.45, 7) is 5.42. The van der Waals surface area contributed by atoms with Crippen molar-refractivity contribution in [3.63, 3.8) is 0 Å². The van der Waals surface area contributed by atoms with Crippen LogP contribution in [0.3, 0.4) is 0 Å². The van der Waals surface area contributed by atoms with Crippen LogP contribution in [0.2, 0.25) is 0 Å². The normalized spacial score (nSPS) is 19.8. The molecule has 0 aromatic heterocycles. The van der Waals surface area contributed by atoms with Gasteiger partial charge in [0.1, 0.15) is 10.6 Å². The van der Waals surface area contributed by atoms with Crippen molar-refractivity contribution in [1.29, 1.82) is 0 Å². The lowest BCUT2D eigenvalue weighted by atomic mass is 9.83. The summed E-state index contributed by atoms with van der Waals surface area (Å²) in [5.41, 5.74) is 6.36. The van der Waals surface area contributed by atoms with Gasteiger partial charge in [0.2, 0.25) is 10.0 Å². The van der Waals surface area contributed by atoms with Crippen LogP contribution >= 0.6 is 0 Å². The minimum atomic E-state index is -3.52. The zero-order valence-electron chi connectivity index (χ0n) is 12.2. The quantitative estimate of drug-likeness (QED) is 0.867. The number of nitrogens with two attached hydrogens (primary N) is 1. The number of hydrogen-bond donors (Lipinski definition) is 1. The molecule has 0 radical (unpaired) electrons. The van der Waals surface area contributed by atoms with E-state index in [1.165, 1.54) is 17.5 Å². The average molecular weight is 298 g/mol. The van der Waals surface area contributed by atoms with Crippen molar-refractivity contribution in [2.24, 2.45) is 5.41 Å². The Kier molecular flexibility index (Phi) is 3.97. The molecule has 0 aliphatic carbocycles. The molecule has 1 aromatic rings. The third-order valence-electron chi connectivity index (χ3n) is 3.88. The molecule has 1 aromatic carbocycles. The molecule has 0 amide bonds. The van der Waals surface area contributed by atoms with E-state index in [1.807, 2.05) is 0 Å². The number of hydrogen-bond acceptors (Lipinski definition) is 4. The first-order valence-electron chi connectivity index (χ1n) is 6.70. The highest BCUT2D eigenvalue weighted by molar-refractivity contribution is 7.89. The Morgan fingerprint density at radius 1 is 1.25 bits per heavy atom. The molecule has 2 N–H and O–H groups in total. The van der Waals surface area contributed by atoms with E-state index in [1.54, 1.807) is 12.1 Å². The fraction of sp³-hybridized carbons (Fsp3) is 0.571. The van der Waals surface area contributed by atoms with Gasteiger partial charge in [0.05, 0.1) is 7.11 Å². The van der Waals surface area contributed by atoms with E-state index >= 15 is 0 Å². The van der Waals surface area contributed by atoms with Crippen molar-refractivity contribution in [3.05, 3.63) is 18.2 Å². The van der Waals surface area contributed by atoms with Crippen molar-refractivity contribution in [1.82, 2.24) is 4.31 Å². The first kappa shape index (κ1) is 15.1. The number of rotatable bonds is 3. The number of nitrogen functional groups attached to an aromatic ring is 1. The average Bonchev–Trinajstić information content (AvgIpc) is 2.37. The first-order chi connectivity index (χ1) is 9.26. The second-order valence-corrected chi connectivity index (χ2v) is 7.88. The number of nitrogens with zero attached hydrogens (tertiary/aromatic N) is 1. The number of benzene rings is 1. The van der Waals surface area contributed by atoms with Gasteiger partial charge in [0, 0.05) is 24.8 Å². The van der Waals surface area contributed by atoms with Crippen LogP contribution in [0.1, 0.15) is 26.7 Å². The van der Waals surface area contributed by atoms with Gasteiger partial charge in [-0.05, 0) is 30.4 Å². The van der Waals surface area contributed by atoms with Crippen LogP contribution in [0.4, 0.5) is 5.69 Å². The molecular formula is C14H22N2O3S. The summed E-state index contributed by atoms with van der Waals surface area (Å²) >= 11 is 0. The molecule has 2 rings (SSSR count). The summed E-state index contributed by atoms with van der Waals surface area (Å²) in [4.78, 5) is 0.189. The molecule has 0 bridgehead atoms. The monoisotopic (exact) mass is 298 g/mol. The molecule has 0 saturated carbocycles. The van der Waals surface area contributed by atoms with E-state index in [0.717, 1.165) is 12.8 Å². The maximum Gasteiger partial charge on any atom is 0.246 e. The standard InChI is InChI=1S/C14H22N2O3S/c1-14(2)6-8-16(9-7-14)20(17,18)13-5-4-11(15)10-12(13)19-3/h4-5,10H,6-9,15H2,1-3H3. The molecule has 1 heterocycles. The summed E-state index contributed by atoms with van der Waals surface area (Å²) in [5.74, 6) is 0.301. The Morgan fingerprint density at radius 3 is 2.40 bits per heavy atom. The molecule has 20 heavy (non-hydrogen) atoms. The van der Waals surface area contributed by atoms with Gasteiger partial charge in [0.15, 0.2) is 0 Å². The van der Waals surface area contributed by atoms with Crippen molar-refractivity contribution < 1.29 is 13.2 Å². The van der Waals surface area contributed by atoms with Gasteiger partial charge in [-0.3, -0.25) is 0 Å². The van der Waals surface area contributed by atoms with Crippen molar-refractivity contribution in [2.75, 3.05) is 25.9 Å². The largest absolute Gasteiger partial charge is 0.495 e. The van der Waals surface area contributed by atoms with Crippen LogP contribution in [0, 0.1) is 5.41 Å². The number of piperidine rings is 1. The molecule has 0 unspecified atom stereocenters. The van der Waals surface area contributed by atoms with E-state index < -0.39 is 10.0 Å². The van der Waals surface area contributed by atoms with Crippen LogP contribution in [-0.2, 0) is 10.0 Å². The van der Waals surface area contributed by atoms with E-state index in [9.17, 15) is 8.42 Å². The highest BCUT2D eigenvalue weighted by Crippen LogP contribution is 2.35. The molecule has 0 spiro atoms. The maximum absolute atomic E-state index is 12.7. The molecule has 1 fully saturated rings. The third kappa shape index (κ3) is 2.91. The topological polar surface area (TPSA) is 72.6 Å².